The third kappa shape index (κ3) is 1.80. The van der Waals surface area contributed by atoms with Crippen LogP contribution in [0.5, 0.6) is 0 Å². The van der Waals surface area contributed by atoms with E-state index in [1.165, 1.54) is 0 Å². The maximum atomic E-state index is 9.79. The predicted octanol–water partition coefficient (Wildman–Crippen LogP) is 2.83. The molecule has 1 aliphatic rings. The summed E-state index contributed by atoms with van der Waals surface area (Å²) in [4.78, 5) is 3.82. The zero-order valence-corrected chi connectivity index (χ0v) is 8.39. The summed E-state index contributed by atoms with van der Waals surface area (Å²) >= 11 is 11.6. The fraction of sp³-hybridized carbons (Fsp3) is 0.444. The largest absolute Gasteiger partial charge is 0.388 e. The molecule has 0 spiro atoms. The first kappa shape index (κ1) is 9.25. The number of hydrogen-bond acceptors (Lipinski definition) is 2. The minimum Gasteiger partial charge on any atom is -0.388 e. The van der Waals surface area contributed by atoms with Gasteiger partial charge in [0.05, 0.1) is 11.1 Å². The van der Waals surface area contributed by atoms with Crippen LogP contribution in [0.3, 0.4) is 0 Å². The molecule has 0 radical (unpaired) electrons. The molecule has 0 aliphatic heterocycles. The molecule has 1 aliphatic carbocycles. The number of rotatable bonds is 2. The smallest absolute Gasteiger partial charge is 0.147 e. The first-order chi connectivity index (χ1) is 6.20. The topological polar surface area (TPSA) is 33.1 Å². The van der Waals surface area contributed by atoms with Crippen molar-refractivity contribution in [1.82, 2.24) is 4.98 Å². The summed E-state index contributed by atoms with van der Waals surface area (Å²) in [7, 11) is 0. The number of hydrogen-bond donors (Lipinski definition) is 1. The zero-order chi connectivity index (χ0) is 9.42. The van der Waals surface area contributed by atoms with E-state index in [0.29, 0.717) is 16.5 Å². The highest BCUT2D eigenvalue weighted by Crippen LogP contribution is 2.43. The van der Waals surface area contributed by atoms with Crippen LogP contribution in [0, 0.1) is 5.92 Å². The van der Waals surface area contributed by atoms with E-state index in [1.54, 1.807) is 12.3 Å². The highest BCUT2D eigenvalue weighted by Gasteiger charge is 2.32. The summed E-state index contributed by atoms with van der Waals surface area (Å²) in [5, 5.41) is 10.4. The van der Waals surface area contributed by atoms with Crippen LogP contribution < -0.4 is 0 Å². The monoisotopic (exact) mass is 217 g/mol. The molecule has 0 bridgehead atoms. The van der Waals surface area contributed by atoms with Crippen LogP contribution in [0.15, 0.2) is 12.3 Å². The van der Waals surface area contributed by atoms with Crippen molar-refractivity contribution in [2.45, 2.75) is 18.9 Å². The summed E-state index contributed by atoms with van der Waals surface area (Å²) in [5.41, 5.74) is 0.698. The van der Waals surface area contributed by atoms with Crippen LogP contribution in [0.2, 0.25) is 10.2 Å². The van der Waals surface area contributed by atoms with E-state index in [2.05, 4.69) is 4.98 Å². The molecule has 2 rings (SSSR count). The Bertz CT molecular complexity index is 325. The molecule has 1 heterocycles. The standard InChI is InChI=1S/C9H9Cl2NO/c10-7-6(3-4-12-9(7)11)8(13)5-1-2-5/h3-5,8,13H,1-2H2. The molecule has 1 atom stereocenters. The Balaban J connectivity index is 2.32. The second-order valence-electron chi connectivity index (χ2n) is 3.29. The Morgan fingerprint density at radius 3 is 2.77 bits per heavy atom. The SMILES string of the molecule is OC(c1ccnc(Cl)c1Cl)C1CC1. The molecule has 0 saturated heterocycles. The molecular formula is C9H9Cl2NO. The minimum atomic E-state index is -0.479. The lowest BCUT2D eigenvalue weighted by Crippen LogP contribution is -2.01. The zero-order valence-electron chi connectivity index (χ0n) is 6.87. The lowest BCUT2D eigenvalue weighted by Gasteiger charge is -2.11. The van der Waals surface area contributed by atoms with Crippen LogP contribution in [-0.4, -0.2) is 10.1 Å². The van der Waals surface area contributed by atoms with Gasteiger partial charge in [-0.3, -0.25) is 0 Å². The van der Waals surface area contributed by atoms with Crippen molar-refractivity contribution in [2.24, 2.45) is 5.92 Å². The van der Waals surface area contributed by atoms with Crippen molar-refractivity contribution in [3.05, 3.63) is 28.0 Å². The summed E-state index contributed by atoms with van der Waals surface area (Å²) < 4.78 is 0. The first-order valence-corrected chi connectivity index (χ1v) is 4.93. The van der Waals surface area contributed by atoms with Crippen molar-refractivity contribution < 1.29 is 5.11 Å². The van der Waals surface area contributed by atoms with Gasteiger partial charge in [0.1, 0.15) is 5.15 Å². The minimum absolute atomic E-state index is 0.263. The van der Waals surface area contributed by atoms with Crippen molar-refractivity contribution in [3.63, 3.8) is 0 Å². The van der Waals surface area contributed by atoms with Gasteiger partial charge in [-0.2, -0.15) is 0 Å². The molecule has 1 fully saturated rings. The van der Waals surface area contributed by atoms with Crippen LogP contribution >= 0.6 is 23.2 Å². The number of nitrogens with zero attached hydrogens (tertiary/aromatic N) is 1. The molecule has 1 N–H and O–H groups in total. The number of halogens is 2. The average Bonchev–Trinajstić information content (AvgIpc) is 2.91. The molecule has 1 unspecified atom stereocenters. The van der Waals surface area contributed by atoms with Crippen molar-refractivity contribution in [1.29, 1.82) is 0 Å². The number of pyridine rings is 1. The summed E-state index contributed by atoms with van der Waals surface area (Å²) in [6.07, 6.45) is 3.22. The van der Waals surface area contributed by atoms with Crippen LogP contribution in [0.4, 0.5) is 0 Å². The molecule has 4 heteroatoms. The number of aliphatic hydroxyl groups is 1. The fourth-order valence-electron chi connectivity index (χ4n) is 1.33. The summed E-state index contributed by atoms with van der Waals surface area (Å²) in [5.74, 6) is 0.357. The van der Waals surface area contributed by atoms with E-state index in [4.69, 9.17) is 23.2 Å². The molecule has 0 amide bonds. The van der Waals surface area contributed by atoms with Crippen molar-refractivity contribution >= 4 is 23.2 Å². The second kappa shape index (κ2) is 3.45. The summed E-state index contributed by atoms with van der Waals surface area (Å²) in [6, 6.07) is 1.72. The van der Waals surface area contributed by atoms with Crippen molar-refractivity contribution in [3.8, 4) is 0 Å². The van der Waals surface area contributed by atoms with Gasteiger partial charge in [0.25, 0.3) is 0 Å². The van der Waals surface area contributed by atoms with E-state index in [9.17, 15) is 5.11 Å². The molecule has 13 heavy (non-hydrogen) atoms. The highest BCUT2D eigenvalue weighted by molar-refractivity contribution is 6.41. The molecule has 70 valence electrons. The van der Waals surface area contributed by atoms with Gasteiger partial charge in [0.15, 0.2) is 0 Å². The molecule has 1 aromatic rings. The van der Waals surface area contributed by atoms with E-state index in [0.717, 1.165) is 12.8 Å². The van der Waals surface area contributed by atoms with Crippen LogP contribution in [-0.2, 0) is 0 Å². The number of aromatic nitrogens is 1. The molecule has 0 aromatic carbocycles. The summed E-state index contributed by atoms with van der Waals surface area (Å²) in [6.45, 7) is 0. The Kier molecular flexibility index (Phi) is 2.45. The van der Waals surface area contributed by atoms with Crippen LogP contribution in [0.1, 0.15) is 24.5 Å². The highest BCUT2D eigenvalue weighted by atomic mass is 35.5. The Labute approximate surface area is 86.5 Å². The third-order valence-corrected chi connectivity index (χ3v) is 3.04. The quantitative estimate of drug-likeness (QED) is 0.774. The second-order valence-corrected chi connectivity index (χ2v) is 4.02. The van der Waals surface area contributed by atoms with Gasteiger partial charge in [-0.1, -0.05) is 23.2 Å². The number of aliphatic hydroxyl groups excluding tert-OH is 1. The lowest BCUT2D eigenvalue weighted by atomic mass is 10.1. The van der Waals surface area contributed by atoms with Gasteiger partial charge in [0, 0.05) is 11.8 Å². The Morgan fingerprint density at radius 1 is 1.46 bits per heavy atom. The molecule has 1 aromatic heterocycles. The molecule has 2 nitrogen and oxygen atoms in total. The first-order valence-electron chi connectivity index (χ1n) is 4.18. The van der Waals surface area contributed by atoms with Gasteiger partial charge >= 0.3 is 0 Å². The Hall–Kier alpha value is -0.310. The van der Waals surface area contributed by atoms with Gasteiger partial charge < -0.3 is 5.11 Å². The maximum absolute atomic E-state index is 9.79. The van der Waals surface area contributed by atoms with Gasteiger partial charge in [0.2, 0.25) is 0 Å². The molecule has 1 saturated carbocycles. The third-order valence-electron chi connectivity index (χ3n) is 2.26. The van der Waals surface area contributed by atoms with E-state index in [-0.39, 0.29) is 5.15 Å². The van der Waals surface area contributed by atoms with Gasteiger partial charge in [-0.05, 0) is 24.8 Å². The average molecular weight is 218 g/mol. The fourth-order valence-corrected chi connectivity index (χ4v) is 1.72. The van der Waals surface area contributed by atoms with Crippen LogP contribution in [0.25, 0.3) is 0 Å². The van der Waals surface area contributed by atoms with Gasteiger partial charge in [-0.25, -0.2) is 4.98 Å². The lowest BCUT2D eigenvalue weighted by molar-refractivity contribution is 0.154. The van der Waals surface area contributed by atoms with E-state index in [1.807, 2.05) is 0 Å². The van der Waals surface area contributed by atoms with E-state index >= 15 is 0 Å². The van der Waals surface area contributed by atoms with Crippen molar-refractivity contribution in [2.75, 3.05) is 0 Å². The maximum Gasteiger partial charge on any atom is 0.147 e. The van der Waals surface area contributed by atoms with E-state index < -0.39 is 6.10 Å². The normalized spacial score (nSPS) is 18.7. The van der Waals surface area contributed by atoms with Gasteiger partial charge in [-0.15, -0.1) is 0 Å². The Morgan fingerprint density at radius 2 is 2.15 bits per heavy atom. The predicted molar refractivity (Wildman–Crippen MR) is 51.9 cm³/mol. The molecular weight excluding hydrogens is 209 g/mol.